The smallest absolute Gasteiger partial charge is 0.411 e. The van der Waals surface area contributed by atoms with Gasteiger partial charge in [-0.3, -0.25) is 4.90 Å². The molecule has 5 rings (SSSR count). The number of benzene rings is 1. The fourth-order valence-corrected chi connectivity index (χ4v) is 4.90. The molecule has 28 heavy (non-hydrogen) atoms. The highest BCUT2D eigenvalue weighted by Crippen LogP contribution is 2.54. The minimum atomic E-state index is -0.691. The van der Waals surface area contributed by atoms with Crippen molar-refractivity contribution in [1.82, 2.24) is 4.90 Å². The predicted molar refractivity (Wildman–Crippen MR) is 98.4 cm³/mol. The molecule has 4 aliphatic rings. The van der Waals surface area contributed by atoms with Gasteiger partial charge in [0.2, 0.25) is 0 Å². The van der Waals surface area contributed by atoms with Gasteiger partial charge in [-0.15, -0.1) is 0 Å². The highest BCUT2D eigenvalue weighted by atomic mass is 16.8. The molecule has 7 heteroatoms. The molecule has 0 radical (unpaired) electrons. The number of ether oxygens (including phenoxy) is 5. The maximum absolute atomic E-state index is 13.0. The van der Waals surface area contributed by atoms with E-state index in [0.717, 1.165) is 5.56 Å². The Morgan fingerprint density at radius 3 is 2.00 bits per heavy atom. The fourth-order valence-electron chi connectivity index (χ4n) is 4.90. The van der Waals surface area contributed by atoms with Gasteiger partial charge in [0.1, 0.15) is 30.0 Å². The number of rotatable bonds is 1. The van der Waals surface area contributed by atoms with E-state index in [-0.39, 0.29) is 42.6 Å². The standard InChI is InChI=1S/C21H27NO6/c1-20(2,3)28-19(23)22-12-14-15(13(22)17-16(12)26-21(4,5)27-17)25-18(24-14)11-9-7-6-8-10-11/h6-10,12-18H,1-5H3/t12-,13+,14+,15-,16-,17+,18?. The van der Waals surface area contributed by atoms with Crippen molar-refractivity contribution < 1.29 is 28.5 Å². The van der Waals surface area contributed by atoms with Crippen LogP contribution >= 0.6 is 0 Å². The highest BCUT2D eigenvalue weighted by Gasteiger charge is 2.73. The molecule has 0 aliphatic carbocycles. The van der Waals surface area contributed by atoms with Gasteiger partial charge >= 0.3 is 6.09 Å². The highest BCUT2D eigenvalue weighted by molar-refractivity contribution is 5.71. The van der Waals surface area contributed by atoms with E-state index in [1.165, 1.54) is 0 Å². The third-order valence-electron chi connectivity index (χ3n) is 5.71. The molecule has 1 aromatic rings. The van der Waals surface area contributed by atoms with Crippen molar-refractivity contribution in [2.75, 3.05) is 0 Å². The topological polar surface area (TPSA) is 66.5 Å². The molecule has 1 amide bonds. The third kappa shape index (κ3) is 2.76. The summed E-state index contributed by atoms with van der Waals surface area (Å²) in [5.74, 6) is -0.691. The molecule has 152 valence electrons. The summed E-state index contributed by atoms with van der Waals surface area (Å²) >= 11 is 0. The summed E-state index contributed by atoms with van der Waals surface area (Å²) in [5, 5.41) is 0. The van der Waals surface area contributed by atoms with E-state index in [2.05, 4.69) is 0 Å². The zero-order valence-electron chi connectivity index (χ0n) is 16.8. The first-order valence-electron chi connectivity index (χ1n) is 9.87. The Labute approximate surface area is 164 Å². The lowest BCUT2D eigenvalue weighted by Crippen LogP contribution is -2.49. The lowest BCUT2D eigenvalue weighted by atomic mass is 9.90. The van der Waals surface area contributed by atoms with Crippen LogP contribution in [0.15, 0.2) is 30.3 Å². The Kier molecular flexibility index (Phi) is 3.88. The summed E-state index contributed by atoms with van der Waals surface area (Å²) in [6.45, 7) is 9.37. The van der Waals surface area contributed by atoms with Crippen molar-refractivity contribution in [2.45, 2.75) is 88.8 Å². The summed E-state index contributed by atoms with van der Waals surface area (Å²) in [5.41, 5.74) is 0.381. The molecule has 0 N–H and O–H groups in total. The average molecular weight is 389 g/mol. The quantitative estimate of drug-likeness (QED) is 0.736. The van der Waals surface area contributed by atoms with Gasteiger partial charge in [-0.1, -0.05) is 30.3 Å². The van der Waals surface area contributed by atoms with Crippen LogP contribution in [-0.2, 0) is 23.7 Å². The van der Waals surface area contributed by atoms with Crippen LogP contribution in [0.2, 0.25) is 0 Å². The second-order valence-electron chi connectivity index (χ2n) is 9.38. The second-order valence-corrected chi connectivity index (χ2v) is 9.38. The molecule has 4 aliphatic heterocycles. The van der Waals surface area contributed by atoms with E-state index < -0.39 is 17.7 Å². The number of hydrogen-bond acceptors (Lipinski definition) is 6. The Hall–Kier alpha value is -1.67. The van der Waals surface area contributed by atoms with Crippen molar-refractivity contribution in [2.24, 2.45) is 0 Å². The van der Waals surface area contributed by atoms with Crippen LogP contribution in [-0.4, -0.2) is 58.9 Å². The predicted octanol–water partition coefficient (Wildman–Crippen LogP) is 2.99. The normalized spacial score (nSPS) is 40.5. The van der Waals surface area contributed by atoms with Gasteiger partial charge in [0.15, 0.2) is 12.1 Å². The van der Waals surface area contributed by atoms with Crippen molar-refractivity contribution in [1.29, 1.82) is 0 Å². The summed E-state index contributed by atoms with van der Waals surface area (Å²) in [4.78, 5) is 14.7. The molecule has 7 atom stereocenters. The number of hydrogen-bond donors (Lipinski definition) is 0. The Morgan fingerprint density at radius 2 is 1.50 bits per heavy atom. The van der Waals surface area contributed by atoms with Crippen LogP contribution in [0.5, 0.6) is 0 Å². The van der Waals surface area contributed by atoms with Crippen molar-refractivity contribution in [3.63, 3.8) is 0 Å². The molecular formula is C21H27NO6. The molecule has 1 unspecified atom stereocenters. The van der Waals surface area contributed by atoms with Gasteiger partial charge in [-0.2, -0.15) is 0 Å². The number of carbonyl (C=O) groups is 1. The second kappa shape index (κ2) is 5.92. The van der Waals surface area contributed by atoms with E-state index in [1.54, 1.807) is 4.90 Å². The van der Waals surface area contributed by atoms with E-state index in [0.29, 0.717) is 0 Å². The Balaban J connectivity index is 1.44. The summed E-state index contributed by atoms with van der Waals surface area (Å²) in [6, 6.07) is 9.24. The minimum absolute atomic E-state index is 0.258. The van der Waals surface area contributed by atoms with E-state index in [1.807, 2.05) is 65.0 Å². The number of carbonyl (C=O) groups excluding carboxylic acids is 1. The van der Waals surface area contributed by atoms with Gasteiger partial charge in [-0.25, -0.2) is 4.79 Å². The molecule has 4 heterocycles. The van der Waals surface area contributed by atoms with Crippen LogP contribution in [0.25, 0.3) is 0 Å². The van der Waals surface area contributed by atoms with E-state index in [9.17, 15) is 4.79 Å². The van der Waals surface area contributed by atoms with Gasteiger partial charge in [0.05, 0.1) is 12.1 Å². The van der Waals surface area contributed by atoms with Crippen LogP contribution in [0.4, 0.5) is 4.79 Å². The zero-order chi connectivity index (χ0) is 19.8. The van der Waals surface area contributed by atoms with Crippen LogP contribution < -0.4 is 0 Å². The van der Waals surface area contributed by atoms with E-state index in [4.69, 9.17) is 23.7 Å². The number of amides is 1. The molecule has 2 bridgehead atoms. The van der Waals surface area contributed by atoms with Crippen molar-refractivity contribution in [3.05, 3.63) is 35.9 Å². The van der Waals surface area contributed by atoms with Gasteiger partial charge in [0.25, 0.3) is 0 Å². The summed E-state index contributed by atoms with van der Waals surface area (Å²) < 4.78 is 30.5. The Morgan fingerprint density at radius 1 is 0.964 bits per heavy atom. The first-order chi connectivity index (χ1) is 13.1. The molecule has 4 saturated heterocycles. The monoisotopic (exact) mass is 389 g/mol. The molecule has 0 spiro atoms. The van der Waals surface area contributed by atoms with Crippen LogP contribution in [0.1, 0.15) is 46.5 Å². The van der Waals surface area contributed by atoms with Gasteiger partial charge < -0.3 is 23.7 Å². The van der Waals surface area contributed by atoms with Crippen molar-refractivity contribution >= 4 is 6.09 Å². The maximum Gasteiger partial charge on any atom is 0.411 e. The molecular weight excluding hydrogens is 362 g/mol. The lowest BCUT2D eigenvalue weighted by Gasteiger charge is -2.31. The summed E-state index contributed by atoms with van der Waals surface area (Å²) in [6.07, 6.45) is -1.89. The fraction of sp³-hybridized carbons (Fsp3) is 0.667. The van der Waals surface area contributed by atoms with Gasteiger partial charge in [0, 0.05) is 5.56 Å². The van der Waals surface area contributed by atoms with Crippen LogP contribution in [0, 0.1) is 0 Å². The average Bonchev–Trinajstić information content (AvgIpc) is 3.27. The number of fused-ring (bicyclic) bond motifs is 8. The zero-order valence-corrected chi connectivity index (χ0v) is 16.8. The number of nitrogens with zero attached hydrogens (tertiary/aromatic N) is 1. The first kappa shape index (κ1) is 18.4. The van der Waals surface area contributed by atoms with Crippen molar-refractivity contribution in [3.8, 4) is 0 Å². The van der Waals surface area contributed by atoms with Crippen LogP contribution in [0.3, 0.4) is 0 Å². The van der Waals surface area contributed by atoms with Gasteiger partial charge in [-0.05, 0) is 34.6 Å². The maximum atomic E-state index is 13.0. The lowest BCUT2D eigenvalue weighted by molar-refractivity contribution is -0.174. The molecule has 0 aromatic heterocycles. The van der Waals surface area contributed by atoms with E-state index >= 15 is 0 Å². The SMILES string of the molecule is CC(C)(C)OC(=O)N1[C@@H]2[C@@H]3OC(C)(C)O[C@@H]3[C@H]1[C@@H]1OC(c3ccccc3)O[C@@H]12. The Bertz CT molecular complexity index is 745. The molecule has 4 fully saturated rings. The third-order valence-corrected chi connectivity index (χ3v) is 5.71. The minimum Gasteiger partial charge on any atom is -0.444 e. The molecule has 7 nitrogen and oxygen atoms in total. The molecule has 1 aromatic carbocycles. The largest absolute Gasteiger partial charge is 0.444 e. The first-order valence-corrected chi connectivity index (χ1v) is 9.87. The summed E-state index contributed by atoms with van der Waals surface area (Å²) in [7, 11) is 0. The molecule has 0 saturated carbocycles.